The van der Waals surface area contributed by atoms with Gasteiger partial charge in [0.2, 0.25) is 0 Å². The lowest BCUT2D eigenvalue weighted by Crippen LogP contribution is -2.38. The molecule has 2 aliphatic rings. The summed E-state index contributed by atoms with van der Waals surface area (Å²) >= 11 is 0. The number of hydrogen-bond donors (Lipinski definition) is 1. The molecule has 3 unspecified atom stereocenters. The van der Waals surface area contributed by atoms with Crippen LogP contribution in [0.4, 0.5) is 0 Å². The molecule has 3 rings (SSSR count). The van der Waals surface area contributed by atoms with Crippen molar-refractivity contribution in [3.63, 3.8) is 0 Å². The van der Waals surface area contributed by atoms with Gasteiger partial charge < -0.3 is 14.8 Å². The number of hydrogen-bond acceptors (Lipinski definition) is 3. The van der Waals surface area contributed by atoms with E-state index < -0.39 is 0 Å². The quantitative estimate of drug-likeness (QED) is 0.869. The molecule has 2 fully saturated rings. The predicted octanol–water partition coefficient (Wildman–Crippen LogP) is 4.47. The van der Waals surface area contributed by atoms with Crippen molar-refractivity contribution in [2.24, 2.45) is 5.92 Å². The van der Waals surface area contributed by atoms with Gasteiger partial charge in [0.25, 0.3) is 0 Å². The van der Waals surface area contributed by atoms with Crippen LogP contribution in [0.1, 0.15) is 64.0 Å². The third-order valence-corrected chi connectivity index (χ3v) is 5.43. The van der Waals surface area contributed by atoms with Gasteiger partial charge in [-0.2, -0.15) is 0 Å². The van der Waals surface area contributed by atoms with Gasteiger partial charge in [0.05, 0.1) is 13.2 Å². The second-order valence-electron chi connectivity index (χ2n) is 7.26. The minimum Gasteiger partial charge on any atom is -0.490 e. The molecule has 1 saturated heterocycles. The topological polar surface area (TPSA) is 30.5 Å². The average Bonchev–Trinajstić information content (AvgIpc) is 2.58. The Morgan fingerprint density at radius 2 is 1.74 bits per heavy atom. The van der Waals surface area contributed by atoms with E-state index in [1.165, 1.54) is 31.2 Å². The van der Waals surface area contributed by atoms with E-state index >= 15 is 0 Å². The van der Waals surface area contributed by atoms with Crippen molar-refractivity contribution in [1.29, 1.82) is 0 Å². The van der Waals surface area contributed by atoms with Crippen LogP contribution in [-0.2, 0) is 4.74 Å². The summed E-state index contributed by atoms with van der Waals surface area (Å²) in [6.45, 7) is 6.30. The maximum absolute atomic E-state index is 6.06. The van der Waals surface area contributed by atoms with Crippen molar-refractivity contribution in [3.05, 3.63) is 29.8 Å². The Hall–Kier alpha value is -1.06. The molecule has 23 heavy (non-hydrogen) atoms. The number of benzene rings is 1. The van der Waals surface area contributed by atoms with Crippen molar-refractivity contribution in [3.8, 4) is 5.75 Å². The van der Waals surface area contributed by atoms with E-state index in [0.29, 0.717) is 18.2 Å². The molecule has 1 heterocycles. The summed E-state index contributed by atoms with van der Waals surface area (Å²) in [7, 11) is 0. The highest BCUT2D eigenvalue weighted by Gasteiger charge is 2.23. The van der Waals surface area contributed by atoms with Crippen LogP contribution in [0, 0.1) is 5.92 Å². The first-order valence-corrected chi connectivity index (χ1v) is 9.33. The van der Waals surface area contributed by atoms with E-state index in [0.717, 1.165) is 37.7 Å². The molecule has 0 radical (unpaired) electrons. The number of ether oxygens (including phenoxy) is 2. The zero-order chi connectivity index (χ0) is 16.1. The molecule has 1 N–H and O–H groups in total. The fraction of sp³-hybridized carbons (Fsp3) is 0.700. The third-order valence-electron chi connectivity index (χ3n) is 5.43. The van der Waals surface area contributed by atoms with Crippen molar-refractivity contribution in [1.82, 2.24) is 5.32 Å². The molecule has 0 bridgehead atoms. The van der Waals surface area contributed by atoms with E-state index in [4.69, 9.17) is 9.47 Å². The maximum Gasteiger partial charge on any atom is 0.119 e. The molecule has 3 nitrogen and oxygen atoms in total. The van der Waals surface area contributed by atoms with Gasteiger partial charge in [-0.3, -0.25) is 0 Å². The molecular weight excluding hydrogens is 286 g/mol. The molecule has 3 heteroatoms. The maximum atomic E-state index is 6.06. The SMILES string of the molecule is CC(NC1CCCCC1C)c1ccc(OC2CCOCC2)cc1. The normalized spacial score (nSPS) is 27.6. The fourth-order valence-electron chi connectivity index (χ4n) is 3.80. The smallest absolute Gasteiger partial charge is 0.119 e. The van der Waals surface area contributed by atoms with Gasteiger partial charge >= 0.3 is 0 Å². The van der Waals surface area contributed by atoms with Gasteiger partial charge in [0, 0.05) is 24.9 Å². The van der Waals surface area contributed by atoms with Crippen LogP contribution in [0.3, 0.4) is 0 Å². The Bertz CT molecular complexity index is 467. The van der Waals surface area contributed by atoms with Gasteiger partial charge in [0.1, 0.15) is 11.9 Å². The second kappa shape index (κ2) is 8.16. The zero-order valence-corrected chi connectivity index (χ0v) is 14.6. The van der Waals surface area contributed by atoms with Crippen LogP contribution >= 0.6 is 0 Å². The molecular formula is C20H31NO2. The second-order valence-corrected chi connectivity index (χ2v) is 7.26. The highest BCUT2D eigenvalue weighted by Crippen LogP contribution is 2.27. The van der Waals surface area contributed by atoms with Crippen LogP contribution in [0.25, 0.3) is 0 Å². The van der Waals surface area contributed by atoms with Crippen LogP contribution in [0.2, 0.25) is 0 Å². The van der Waals surface area contributed by atoms with Crippen LogP contribution in [0.5, 0.6) is 5.75 Å². The first-order chi connectivity index (χ1) is 11.2. The molecule has 0 amide bonds. The summed E-state index contributed by atoms with van der Waals surface area (Å²) in [5, 5.41) is 3.83. The van der Waals surface area contributed by atoms with Gasteiger partial charge in [-0.05, 0) is 43.4 Å². The van der Waals surface area contributed by atoms with Crippen LogP contribution in [-0.4, -0.2) is 25.4 Å². The first-order valence-electron chi connectivity index (χ1n) is 9.33. The molecule has 0 spiro atoms. The molecule has 3 atom stereocenters. The lowest BCUT2D eigenvalue weighted by atomic mass is 9.85. The highest BCUT2D eigenvalue weighted by molar-refractivity contribution is 5.29. The van der Waals surface area contributed by atoms with Gasteiger partial charge in [-0.25, -0.2) is 0 Å². The van der Waals surface area contributed by atoms with E-state index in [2.05, 4.69) is 43.4 Å². The molecule has 1 saturated carbocycles. The van der Waals surface area contributed by atoms with Gasteiger partial charge in [-0.1, -0.05) is 31.9 Å². The molecule has 0 aromatic heterocycles. The molecule has 1 aromatic rings. The minimum atomic E-state index is 0.313. The van der Waals surface area contributed by atoms with Crippen LogP contribution < -0.4 is 10.1 Å². The summed E-state index contributed by atoms with van der Waals surface area (Å²) in [6.07, 6.45) is 7.75. The standard InChI is InChI=1S/C20H31NO2/c1-15-5-3-4-6-20(15)21-16(2)17-7-9-18(10-8-17)23-19-11-13-22-14-12-19/h7-10,15-16,19-21H,3-6,11-14H2,1-2H3. The first kappa shape index (κ1) is 16.8. The summed E-state index contributed by atoms with van der Waals surface area (Å²) in [5.74, 6) is 1.78. The van der Waals surface area contributed by atoms with Crippen LogP contribution in [0.15, 0.2) is 24.3 Å². The molecule has 128 valence electrons. The van der Waals surface area contributed by atoms with Crippen molar-refractivity contribution in [2.75, 3.05) is 13.2 Å². The summed E-state index contributed by atoms with van der Waals surface area (Å²) in [5.41, 5.74) is 1.35. The van der Waals surface area contributed by atoms with E-state index in [-0.39, 0.29) is 0 Å². The molecule has 1 aliphatic heterocycles. The summed E-state index contributed by atoms with van der Waals surface area (Å²) < 4.78 is 11.4. The molecule has 1 aliphatic carbocycles. The van der Waals surface area contributed by atoms with E-state index in [1.807, 2.05) is 0 Å². The molecule has 1 aromatic carbocycles. The lowest BCUT2D eigenvalue weighted by Gasteiger charge is -2.32. The Morgan fingerprint density at radius 3 is 2.43 bits per heavy atom. The minimum absolute atomic E-state index is 0.313. The van der Waals surface area contributed by atoms with Crippen molar-refractivity contribution < 1.29 is 9.47 Å². The van der Waals surface area contributed by atoms with Gasteiger partial charge in [0.15, 0.2) is 0 Å². The highest BCUT2D eigenvalue weighted by atomic mass is 16.5. The average molecular weight is 317 g/mol. The Labute approximate surface area is 140 Å². The Morgan fingerprint density at radius 1 is 1.04 bits per heavy atom. The zero-order valence-electron chi connectivity index (χ0n) is 14.6. The summed E-state index contributed by atoms with van der Waals surface area (Å²) in [4.78, 5) is 0. The van der Waals surface area contributed by atoms with Crippen molar-refractivity contribution >= 4 is 0 Å². The Kier molecular flexibility index (Phi) is 5.96. The third kappa shape index (κ3) is 4.71. The Balaban J connectivity index is 1.53. The van der Waals surface area contributed by atoms with Crippen molar-refractivity contribution in [2.45, 2.75) is 70.6 Å². The number of rotatable bonds is 5. The number of nitrogens with one attached hydrogen (secondary N) is 1. The largest absolute Gasteiger partial charge is 0.490 e. The summed E-state index contributed by atoms with van der Waals surface area (Å²) in [6, 6.07) is 9.72. The monoisotopic (exact) mass is 317 g/mol. The van der Waals surface area contributed by atoms with E-state index in [1.54, 1.807) is 0 Å². The fourth-order valence-corrected chi connectivity index (χ4v) is 3.80. The van der Waals surface area contributed by atoms with E-state index in [9.17, 15) is 0 Å². The predicted molar refractivity (Wildman–Crippen MR) is 93.9 cm³/mol. The van der Waals surface area contributed by atoms with Gasteiger partial charge in [-0.15, -0.1) is 0 Å². The lowest BCUT2D eigenvalue weighted by molar-refractivity contribution is 0.0255.